The summed E-state index contributed by atoms with van der Waals surface area (Å²) in [6, 6.07) is 9.91. The third-order valence-corrected chi connectivity index (χ3v) is 7.36. The number of hydrogen-bond donors (Lipinski definition) is 2. The number of amides is 2. The van der Waals surface area contributed by atoms with Crippen molar-refractivity contribution in [2.75, 3.05) is 51.5 Å². The number of methoxy groups -OCH3 is 1. The van der Waals surface area contributed by atoms with E-state index < -0.39 is 10.0 Å². The van der Waals surface area contributed by atoms with Crippen LogP contribution in [0.25, 0.3) is 0 Å². The van der Waals surface area contributed by atoms with E-state index in [2.05, 4.69) is 10.6 Å². The summed E-state index contributed by atoms with van der Waals surface area (Å²) in [5.74, 6) is -0.235. The molecule has 0 atom stereocenters. The Balaban J connectivity index is 1.74. The highest BCUT2D eigenvalue weighted by Gasteiger charge is 2.24. The Kier molecular flexibility index (Phi) is 7.60. The van der Waals surface area contributed by atoms with Crippen molar-refractivity contribution in [3.05, 3.63) is 47.5 Å². The van der Waals surface area contributed by atoms with Crippen molar-refractivity contribution in [3.63, 3.8) is 0 Å². The van der Waals surface area contributed by atoms with E-state index in [4.69, 9.17) is 4.74 Å². The third-order valence-electron chi connectivity index (χ3n) is 5.53. The predicted octanol–water partition coefficient (Wildman–Crippen LogP) is 2.54. The average molecular weight is 475 g/mol. The van der Waals surface area contributed by atoms with Gasteiger partial charge in [0.25, 0.3) is 5.91 Å². The highest BCUT2D eigenvalue weighted by Crippen LogP contribution is 2.29. The molecule has 0 aromatic heterocycles. The maximum absolute atomic E-state index is 13.0. The molecule has 178 valence electrons. The van der Waals surface area contributed by atoms with E-state index >= 15 is 0 Å². The zero-order chi connectivity index (χ0) is 24.2. The summed E-state index contributed by atoms with van der Waals surface area (Å²) in [6.45, 7) is 3.26. The van der Waals surface area contributed by atoms with Crippen LogP contribution in [0.5, 0.6) is 5.75 Å². The molecule has 1 aliphatic rings. The second-order valence-electron chi connectivity index (χ2n) is 8.05. The van der Waals surface area contributed by atoms with Gasteiger partial charge >= 0.3 is 0 Å². The Morgan fingerprint density at radius 1 is 1.12 bits per heavy atom. The van der Waals surface area contributed by atoms with Crippen LogP contribution in [0.4, 0.5) is 11.4 Å². The quantitative estimate of drug-likeness (QED) is 0.609. The first-order chi connectivity index (χ1) is 15.6. The number of sulfonamides is 1. The highest BCUT2D eigenvalue weighted by molar-refractivity contribution is 7.89. The van der Waals surface area contributed by atoms with Gasteiger partial charge in [-0.05, 0) is 49.6 Å². The molecular formula is C23H30N4O5S. The van der Waals surface area contributed by atoms with Crippen molar-refractivity contribution in [2.24, 2.45) is 0 Å². The molecule has 33 heavy (non-hydrogen) atoms. The number of nitrogens with one attached hydrogen (secondary N) is 2. The van der Waals surface area contributed by atoms with Crippen LogP contribution in [0, 0.1) is 6.92 Å². The number of nitrogens with zero attached hydrogens (tertiary/aromatic N) is 2. The fraction of sp³-hybridized carbons (Fsp3) is 0.391. The fourth-order valence-corrected chi connectivity index (χ4v) is 4.79. The topological polar surface area (TPSA) is 108 Å². The summed E-state index contributed by atoms with van der Waals surface area (Å²) in [7, 11) is 0.469. The molecule has 1 aliphatic heterocycles. The lowest BCUT2D eigenvalue weighted by Gasteiger charge is -2.20. The van der Waals surface area contributed by atoms with Crippen molar-refractivity contribution in [1.82, 2.24) is 9.21 Å². The number of carbonyl (C=O) groups is 2. The second kappa shape index (κ2) is 10.2. The van der Waals surface area contributed by atoms with E-state index in [0.717, 1.165) is 35.8 Å². The van der Waals surface area contributed by atoms with Crippen LogP contribution in [0.3, 0.4) is 0 Å². The molecule has 0 bridgehead atoms. The number of aryl methyl sites for hydroxylation is 1. The van der Waals surface area contributed by atoms with Gasteiger partial charge in [0, 0.05) is 38.6 Å². The standard InChI is InChI=1S/C23H30N4O5S/c1-16-8-7-9-18(22(16)23(29)27-12-5-6-13-27)24-15-21(28)25-17-10-11-19(32-4)20(14-17)33(30,31)26(2)3/h7-11,14,24H,5-6,12-13,15H2,1-4H3,(H,25,28). The summed E-state index contributed by atoms with van der Waals surface area (Å²) in [5, 5.41) is 5.75. The van der Waals surface area contributed by atoms with Crippen molar-refractivity contribution in [2.45, 2.75) is 24.7 Å². The summed E-state index contributed by atoms with van der Waals surface area (Å²) >= 11 is 0. The lowest BCUT2D eigenvalue weighted by atomic mass is 10.0. The van der Waals surface area contributed by atoms with Crippen LogP contribution in [-0.2, 0) is 14.8 Å². The maximum Gasteiger partial charge on any atom is 0.256 e. The molecule has 2 aromatic carbocycles. The summed E-state index contributed by atoms with van der Waals surface area (Å²) in [6.07, 6.45) is 1.99. The number of ether oxygens (including phenoxy) is 1. The van der Waals surface area contributed by atoms with E-state index in [-0.39, 0.29) is 29.0 Å². The first-order valence-electron chi connectivity index (χ1n) is 10.7. The SMILES string of the molecule is COc1ccc(NC(=O)CNc2cccc(C)c2C(=O)N2CCCC2)cc1S(=O)(=O)N(C)C. The smallest absolute Gasteiger partial charge is 0.256 e. The van der Waals surface area contributed by atoms with Crippen LogP contribution < -0.4 is 15.4 Å². The predicted molar refractivity (Wildman–Crippen MR) is 127 cm³/mol. The Hall–Kier alpha value is -3.11. The fourth-order valence-electron chi connectivity index (χ4n) is 3.71. The van der Waals surface area contributed by atoms with E-state index in [1.807, 2.05) is 24.0 Å². The number of hydrogen-bond acceptors (Lipinski definition) is 6. The first-order valence-corrected chi connectivity index (χ1v) is 12.1. The van der Waals surface area contributed by atoms with Crippen molar-refractivity contribution in [1.29, 1.82) is 0 Å². The van der Waals surface area contributed by atoms with Gasteiger partial charge in [-0.3, -0.25) is 9.59 Å². The van der Waals surface area contributed by atoms with E-state index in [1.165, 1.54) is 33.3 Å². The van der Waals surface area contributed by atoms with Gasteiger partial charge in [0.1, 0.15) is 10.6 Å². The molecule has 0 aliphatic carbocycles. The lowest BCUT2D eigenvalue weighted by molar-refractivity contribution is -0.114. The normalized spacial score (nSPS) is 13.8. The van der Waals surface area contributed by atoms with Crippen molar-refractivity contribution < 1.29 is 22.7 Å². The monoisotopic (exact) mass is 474 g/mol. The van der Waals surface area contributed by atoms with Gasteiger partial charge in [0.15, 0.2) is 0 Å². The van der Waals surface area contributed by atoms with Gasteiger partial charge in [-0.1, -0.05) is 12.1 Å². The molecule has 0 spiro atoms. The van der Waals surface area contributed by atoms with E-state index in [0.29, 0.717) is 16.9 Å². The molecule has 9 nitrogen and oxygen atoms in total. The van der Waals surface area contributed by atoms with Gasteiger partial charge in [-0.25, -0.2) is 12.7 Å². The molecule has 1 saturated heterocycles. The molecule has 10 heteroatoms. The summed E-state index contributed by atoms with van der Waals surface area (Å²) < 4.78 is 31.4. The van der Waals surface area contributed by atoms with Crippen molar-refractivity contribution in [3.8, 4) is 5.75 Å². The minimum atomic E-state index is -3.76. The molecule has 2 N–H and O–H groups in total. The van der Waals surface area contributed by atoms with Gasteiger partial charge in [0.2, 0.25) is 15.9 Å². The molecule has 1 heterocycles. The highest BCUT2D eigenvalue weighted by atomic mass is 32.2. The molecule has 0 saturated carbocycles. The first kappa shape index (κ1) is 24.5. The molecule has 3 rings (SSSR count). The minimum Gasteiger partial charge on any atom is -0.495 e. The van der Waals surface area contributed by atoms with Gasteiger partial charge in [0.05, 0.1) is 19.2 Å². The Morgan fingerprint density at radius 3 is 2.45 bits per heavy atom. The van der Waals surface area contributed by atoms with Crippen LogP contribution in [0.2, 0.25) is 0 Å². The maximum atomic E-state index is 13.0. The number of likely N-dealkylation sites (tertiary alicyclic amines) is 1. The van der Waals surface area contributed by atoms with E-state index in [1.54, 1.807) is 12.1 Å². The van der Waals surface area contributed by atoms with Crippen LogP contribution in [0.1, 0.15) is 28.8 Å². The number of carbonyl (C=O) groups excluding carboxylic acids is 2. The van der Waals surface area contributed by atoms with Crippen LogP contribution in [-0.4, -0.2) is 70.3 Å². The second-order valence-corrected chi connectivity index (χ2v) is 10.2. The van der Waals surface area contributed by atoms with Crippen LogP contribution in [0.15, 0.2) is 41.3 Å². The average Bonchev–Trinajstić information content (AvgIpc) is 3.32. The largest absolute Gasteiger partial charge is 0.495 e. The molecule has 2 aromatic rings. The van der Waals surface area contributed by atoms with Gasteiger partial charge < -0.3 is 20.3 Å². The van der Waals surface area contributed by atoms with Crippen LogP contribution >= 0.6 is 0 Å². The molecule has 2 amide bonds. The van der Waals surface area contributed by atoms with E-state index in [9.17, 15) is 18.0 Å². The summed E-state index contributed by atoms with van der Waals surface area (Å²) in [4.78, 5) is 27.4. The Labute approximate surface area is 194 Å². The molecule has 0 radical (unpaired) electrons. The van der Waals surface area contributed by atoms with Crippen molar-refractivity contribution >= 4 is 33.2 Å². The number of rotatable bonds is 8. The zero-order valence-corrected chi connectivity index (χ0v) is 20.2. The van der Waals surface area contributed by atoms with Gasteiger partial charge in [-0.15, -0.1) is 0 Å². The zero-order valence-electron chi connectivity index (χ0n) is 19.3. The number of benzene rings is 2. The third kappa shape index (κ3) is 5.45. The molecule has 0 unspecified atom stereocenters. The molecule has 1 fully saturated rings. The summed E-state index contributed by atoms with van der Waals surface area (Å²) in [5.41, 5.74) is 2.32. The minimum absolute atomic E-state index is 0.0396. The number of anilines is 2. The Morgan fingerprint density at radius 2 is 1.82 bits per heavy atom. The van der Waals surface area contributed by atoms with Gasteiger partial charge in [-0.2, -0.15) is 0 Å². The lowest BCUT2D eigenvalue weighted by Crippen LogP contribution is -2.30. The molecular weight excluding hydrogens is 444 g/mol. The Bertz CT molecular complexity index is 1140.